The summed E-state index contributed by atoms with van der Waals surface area (Å²) in [6, 6.07) is 16.8. The first-order valence-electron chi connectivity index (χ1n) is 9.39. The van der Waals surface area contributed by atoms with Gasteiger partial charge in [0, 0.05) is 16.1 Å². The van der Waals surface area contributed by atoms with Gasteiger partial charge in [0.1, 0.15) is 0 Å². The third-order valence-electron chi connectivity index (χ3n) is 4.36. The number of aryl methyl sites for hydroxylation is 1. The van der Waals surface area contributed by atoms with E-state index >= 15 is 0 Å². The summed E-state index contributed by atoms with van der Waals surface area (Å²) in [5, 5.41) is 5.21. The number of alkyl halides is 3. The van der Waals surface area contributed by atoms with Crippen molar-refractivity contribution in [1.82, 2.24) is 0 Å². The quantitative estimate of drug-likeness (QED) is 0.390. The highest BCUT2D eigenvalue weighted by Crippen LogP contribution is 2.34. The van der Waals surface area contributed by atoms with Crippen LogP contribution in [0.25, 0.3) is 0 Å². The lowest BCUT2D eigenvalue weighted by molar-refractivity contribution is -0.137. The van der Waals surface area contributed by atoms with E-state index in [4.69, 9.17) is 11.6 Å². The van der Waals surface area contributed by atoms with Crippen LogP contribution < -0.4 is 10.6 Å². The molecule has 3 rings (SSSR count). The van der Waals surface area contributed by atoms with Gasteiger partial charge in [-0.25, -0.2) is 0 Å². The number of thioether (sulfide) groups is 1. The van der Waals surface area contributed by atoms with Crippen molar-refractivity contribution >= 4 is 46.6 Å². The molecule has 0 aliphatic carbocycles. The number of anilines is 2. The molecule has 0 spiro atoms. The molecule has 3 aromatic rings. The van der Waals surface area contributed by atoms with E-state index in [2.05, 4.69) is 10.6 Å². The molecule has 0 fully saturated rings. The number of carbonyl (C=O) groups is 2. The Balaban J connectivity index is 1.54. The molecule has 166 valence electrons. The molecule has 0 bridgehead atoms. The lowest BCUT2D eigenvalue weighted by Crippen LogP contribution is -2.15. The van der Waals surface area contributed by atoms with E-state index in [-0.39, 0.29) is 22.4 Å². The van der Waals surface area contributed by atoms with Gasteiger partial charge in [0.25, 0.3) is 5.91 Å². The van der Waals surface area contributed by atoms with Crippen LogP contribution in [0.5, 0.6) is 0 Å². The molecular weight excluding hydrogens is 461 g/mol. The number of benzene rings is 3. The van der Waals surface area contributed by atoms with Gasteiger partial charge in [-0.15, -0.1) is 11.8 Å². The van der Waals surface area contributed by atoms with Gasteiger partial charge >= 0.3 is 6.18 Å². The second kappa shape index (κ2) is 10.1. The lowest BCUT2D eigenvalue weighted by Gasteiger charge is -2.11. The van der Waals surface area contributed by atoms with E-state index in [1.54, 1.807) is 36.4 Å². The molecule has 9 heteroatoms. The van der Waals surface area contributed by atoms with E-state index in [1.807, 2.05) is 19.1 Å². The van der Waals surface area contributed by atoms with Crippen molar-refractivity contribution in [2.24, 2.45) is 0 Å². The zero-order valence-electron chi connectivity index (χ0n) is 16.8. The first kappa shape index (κ1) is 23.7. The van der Waals surface area contributed by atoms with Crippen molar-refractivity contribution in [3.63, 3.8) is 0 Å². The van der Waals surface area contributed by atoms with Crippen LogP contribution in [-0.4, -0.2) is 17.6 Å². The van der Waals surface area contributed by atoms with Crippen molar-refractivity contribution in [3.8, 4) is 0 Å². The number of halogens is 4. The number of hydrogen-bond acceptors (Lipinski definition) is 3. The van der Waals surface area contributed by atoms with Gasteiger partial charge in [0.15, 0.2) is 0 Å². The van der Waals surface area contributed by atoms with Crippen LogP contribution in [0, 0.1) is 6.92 Å². The molecule has 0 radical (unpaired) electrons. The summed E-state index contributed by atoms with van der Waals surface area (Å²) in [6.07, 6.45) is -4.53. The molecule has 0 aliphatic rings. The van der Waals surface area contributed by atoms with Crippen molar-refractivity contribution in [2.75, 3.05) is 16.4 Å². The molecule has 2 amide bonds. The highest BCUT2D eigenvalue weighted by molar-refractivity contribution is 8.00. The fourth-order valence-electron chi connectivity index (χ4n) is 2.68. The van der Waals surface area contributed by atoms with E-state index in [0.717, 1.165) is 28.7 Å². The summed E-state index contributed by atoms with van der Waals surface area (Å²) in [5.41, 5.74) is 1.20. The molecule has 0 saturated carbocycles. The molecule has 4 nitrogen and oxygen atoms in total. The van der Waals surface area contributed by atoms with Crippen LogP contribution in [0.15, 0.2) is 71.6 Å². The minimum absolute atomic E-state index is 0.0185. The Labute approximate surface area is 192 Å². The van der Waals surface area contributed by atoms with Gasteiger partial charge in [0.2, 0.25) is 5.91 Å². The first-order valence-corrected chi connectivity index (χ1v) is 10.8. The Morgan fingerprint density at radius 3 is 2.22 bits per heavy atom. The summed E-state index contributed by atoms with van der Waals surface area (Å²) in [7, 11) is 0. The largest absolute Gasteiger partial charge is 0.416 e. The summed E-state index contributed by atoms with van der Waals surface area (Å²) in [6.45, 7) is 1.94. The van der Waals surface area contributed by atoms with E-state index in [0.29, 0.717) is 11.3 Å². The number of nitrogens with one attached hydrogen (secondary N) is 2. The monoisotopic (exact) mass is 478 g/mol. The smallest absolute Gasteiger partial charge is 0.324 e. The zero-order valence-corrected chi connectivity index (χ0v) is 18.4. The summed E-state index contributed by atoms with van der Waals surface area (Å²) in [4.78, 5) is 25.2. The lowest BCUT2D eigenvalue weighted by atomic mass is 10.1. The van der Waals surface area contributed by atoms with E-state index in [1.165, 1.54) is 11.8 Å². The van der Waals surface area contributed by atoms with Crippen LogP contribution in [0.3, 0.4) is 0 Å². The van der Waals surface area contributed by atoms with Crippen molar-refractivity contribution in [3.05, 3.63) is 88.4 Å². The normalized spacial score (nSPS) is 11.2. The summed E-state index contributed by atoms with van der Waals surface area (Å²) >= 11 is 7.09. The Morgan fingerprint density at radius 2 is 1.59 bits per heavy atom. The maximum Gasteiger partial charge on any atom is 0.416 e. The van der Waals surface area contributed by atoms with Crippen LogP contribution in [0.1, 0.15) is 21.5 Å². The Hall–Kier alpha value is -2.97. The van der Waals surface area contributed by atoms with Gasteiger partial charge in [-0.2, -0.15) is 13.2 Å². The van der Waals surface area contributed by atoms with Crippen LogP contribution in [-0.2, 0) is 11.0 Å². The molecule has 0 unspecified atom stereocenters. The maximum atomic E-state index is 12.8. The van der Waals surface area contributed by atoms with Crippen LogP contribution in [0.2, 0.25) is 5.02 Å². The third kappa shape index (κ3) is 6.51. The Kier molecular flexibility index (Phi) is 7.48. The minimum Gasteiger partial charge on any atom is -0.324 e. The van der Waals surface area contributed by atoms with Gasteiger partial charge in [-0.1, -0.05) is 29.3 Å². The molecule has 0 saturated heterocycles. The number of carbonyl (C=O) groups excluding carboxylic acids is 2. The standard InChI is InChI=1S/C23H18ClF3N2O2S/c1-14-2-4-15(5-3-14)22(31)28-17-7-9-18(10-8-17)32-13-21(30)29-20-12-16(23(25,26)27)6-11-19(20)24/h2-12H,13H2,1H3,(H,28,31)(H,29,30). The topological polar surface area (TPSA) is 58.2 Å². The van der Waals surface area contributed by atoms with Gasteiger partial charge in [-0.05, 0) is 61.5 Å². The van der Waals surface area contributed by atoms with Crippen molar-refractivity contribution < 1.29 is 22.8 Å². The summed E-state index contributed by atoms with van der Waals surface area (Å²) in [5.74, 6) is -0.752. The average molecular weight is 479 g/mol. The summed E-state index contributed by atoms with van der Waals surface area (Å²) < 4.78 is 38.5. The fraction of sp³-hybridized carbons (Fsp3) is 0.130. The molecular formula is C23H18ClF3N2O2S. The first-order chi connectivity index (χ1) is 15.1. The van der Waals surface area contributed by atoms with Gasteiger partial charge in [-0.3, -0.25) is 9.59 Å². The minimum atomic E-state index is -4.53. The molecule has 0 atom stereocenters. The van der Waals surface area contributed by atoms with E-state index < -0.39 is 17.6 Å². The van der Waals surface area contributed by atoms with Crippen molar-refractivity contribution in [2.45, 2.75) is 18.0 Å². The van der Waals surface area contributed by atoms with Crippen molar-refractivity contribution in [1.29, 1.82) is 0 Å². The predicted molar refractivity (Wildman–Crippen MR) is 121 cm³/mol. The average Bonchev–Trinajstić information content (AvgIpc) is 2.74. The van der Waals surface area contributed by atoms with Crippen LogP contribution in [0.4, 0.5) is 24.5 Å². The SMILES string of the molecule is Cc1ccc(C(=O)Nc2ccc(SCC(=O)Nc3cc(C(F)(F)F)ccc3Cl)cc2)cc1. The Bertz CT molecular complexity index is 1120. The predicted octanol–water partition coefficient (Wildman–Crippen LogP) is 6.65. The second-order valence-electron chi connectivity index (χ2n) is 6.87. The maximum absolute atomic E-state index is 12.8. The van der Waals surface area contributed by atoms with Gasteiger partial charge in [0.05, 0.1) is 22.0 Å². The Morgan fingerprint density at radius 1 is 0.938 bits per heavy atom. The zero-order chi connectivity index (χ0) is 23.3. The van der Waals surface area contributed by atoms with Gasteiger partial charge < -0.3 is 10.6 Å². The fourth-order valence-corrected chi connectivity index (χ4v) is 3.54. The second-order valence-corrected chi connectivity index (χ2v) is 8.33. The molecule has 0 aromatic heterocycles. The molecule has 0 aliphatic heterocycles. The number of amides is 2. The van der Waals surface area contributed by atoms with Crippen LogP contribution >= 0.6 is 23.4 Å². The molecule has 32 heavy (non-hydrogen) atoms. The molecule has 0 heterocycles. The highest BCUT2D eigenvalue weighted by Gasteiger charge is 2.31. The third-order valence-corrected chi connectivity index (χ3v) is 5.71. The molecule has 2 N–H and O–H groups in total. The highest BCUT2D eigenvalue weighted by atomic mass is 35.5. The van der Waals surface area contributed by atoms with E-state index in [9.17, 15) is 22.8 Å². The molecule has 3 aromatic carbocycles. The number of rotatable bonds is 6. The number of hydrogen-bond donors (Lipinski definition) is 2.